The molecule has 0 bridgehead atoms. The maximum absolute atomic E-state index is 9.43. The first-order valence-corrected chi connectivity index (χ1v) is 8.10. The van der Waals surface area contributed by atoms with Crippen molar-refractivity contribution in [2.75, 3.05) is 6.61 Å². The second kappa shape index (κ2) is 15.0. The summed E-state index contributed by atoms with van der Waals surface area (Å²) in [5, 5.41) is 18.1. The summed E-state index contributed by atoms with van der Waals surface area (Å²) in [6, 6.07) is 0. The first kappa shape index (κ1) is 17.9. The van der Waals surface area contributed by atoms with E-state index in [1.165, 1.54) is 64.2 Å². The van der Waals surface area contributed by atoms with E-state index in [-0.39, 0.29) is 12.7 Å². The molecule has 0 unspecified atom stereocenters. The van der Waals surface area contributed by atoms with Gasteiger partial charge in [0.05, 0.1) is 6.10 Å². The van der Waals surface area contributed by atoms with Crippen molar-refractivity contribution in [1.82, 2.24) is 0 Å². The van der Waals surface area contributed by atoms with Gasteiger partial charge in [0.2, 0.25) is 0 Å². The van der Waals surface area contributed by atoms with Crippen LogP contribution in [0.25, 0.3) is 0 Å². The number of aliphatic hydroxyl groups excluding tert-OH is 2. The summed E-state index contributed by atoms with van der Waals surface area (Å²) in [4.78, 5) is 0. The number of hydrogen-bond acceptors (Lipinski definition) is 2. The summed E-state index contributed by atoms with van der Waals surface area (Å²) < 4.78 is 0. The molecule has 2 N–H and O–H groups in total. The molecule has 2 heteroatoms. The Balaban J connectivity index is 2.98. The Labute approximate surface area is 114 Å². The third-order valence-corrected chi connectivity index (χ3v) is 3.60. The van der Waals surface area contributed by atoms with Crippen molar-refractivity contribution in [3.05, 3.63) is 0 Å². The normalized spacial score (nSPS) is 12.8. The van der Waals surface area contributed by atoms with Crippen molar-refractivity contribution in [2.24, 2.45) is 0 Å². The first-order valence-electron chi connectivity index (χ1n) is 8.10. The van der Waals surface area contributed by atoms with Crippen LogP contribution in [0.3, 0.4) is 0 Å². The maximum Gasteiger partial charge on any atom is 0.0562 e. The SMILES string of the molecule is CCCCCCCCCCCCC[C@@H](O)CCO. The van der Waals surface area contributed by atoms with Crippen LogP contribution in [-0.4, -0.2) is 22.9 Å². The molecule has 1 atom stereocenters. The number of hydrogen-bond donors (Lipinski definition) is 2. The fourth-order valence-corrected chi connectivity index (χ4v) is 2.34. The fraction of sp³-hybridized carbons (Fsp3) is 1.00. The van der Waals surface area contributed by atoms with Crippen LogP contribution in [0.2, 0.25) is 0 Å². The highest BCUT2D eigenvalue weighted by molar-refractivity contribution is 4.55. The van der Waals surface area contributed by atoms with Crippen LogP contribution in [0, 0.1) is 0 Å². The van der Waals surface area contributed by atoms with Gasteiger partial charge in [-0.1, -0.05) is 77.6 Å². The molecule has 0 aromatic rings. The van der Waals surface area contributed by atoms with Gasteiger partial charge in [0, 0.05) is 6.61 Å². The molecule has 2 nitrogen and oxygen atoms in total. The van der Waals surface area contributed by atoms with Crippen molar-refractivity contribution in [2.45, 2.75) is 96.5 Å². The fourth-order valence-electron chi connectivity index (χ4n) is 2.34. The lowest BCUT2D eigenvalue weighted by atomic mass is 10.0. The standard InChI is InChI=1S/C16H34O2/c1-2-3-4-5-6-7-8-9-10-11-12-13-16(18)14-15-17/h16-18H,2-15H2,1H3/t16-/m1/s1. The molecule has 110 valence electrons. The Morgan fingerprint density at radius 3 is 1.56 bits per heavy atom. The highest BCUT2D eigenvalue weighted by atomic mass is 16.3. The Bertz CT molecular complexity index is 148. The van der Waals surface area contributed by atoms with Gasteiger partial charge >= 0.3 is 0 Å². The minimum atomic E-state index is -0.284. The molecule has 0 aliphatic heterocycles. The average molecular weight is 258 g/mol. The molecule has 0 amide bonds. The predicted molar refractivity (Wildman–Crippen MR) is 78.8 cm³/mol. The Kier molecular flexibility index (Phi) is 14.9. The zero-order valence-corrected chi connectivity index (χ0v) is 12.4. The molecule has 0 aliphatic carbocycles. The highest BCUT2D eigenvalue weighted by Gasteiger charge is 2.01. The Morgan fingerprint density at radius 2 is 1.11 bits per heavy atom. The van der Waals surface area contributed by atoms with Crippen molar-refractivity contribution < 1.29 is 10.2 Å². The molecule has 0 heterocycles. The summed E-state index contributed by atoms with van der Waals surface area (Å²) in [6.07, 6.45) is 15.9. The monoisotopic (exact) mass is 258 g/mol. The highest BCUT2D eigenvalue weighted by Crippen LogP contribution is 2.12. The summed E-state index contributed by atoms with van der Waals surface area (Å²) in [6.45, 7) is 2.37. The number of aliphatic hydroxyl groups is 2. The summed E-state index contributed by atoms with van der Waals surface area (Å²) >= 11 is 0. The first-order chi connectivity index (χ1) is 8.81. The number of rotatable bonds is 14. The quantitative estimate of drug-likeness (QED) is 0.452. The van der Waals surface area contributed by atoms with Gasteiger partial charge in [-0.25, -0.2) is 0 Å². The molecule has 18 heavy (non-hydrogen) atoms. The van der Waals surface area contributed by atoms with E-state index >= 15 is 0 Å². The van der Waals surface area contributed by atoms with Gasteiger partial charge in [0.15, 0.2) is 0 Å². The molecule has 0 aromatic carbocycles. The van der Waals surface area contributed by atoms with Crippen molar-refractivity contribution in [3.63, 3.8) is 0 Å². The van der Waals surface area contributed by atoms with E-state index in [2.05, 4.69) is 6.92 Å². The Hall–Kier alpha value is -0.0800. The minimum absolute atomic E-state index is 0.110. The summed E-state index contributed by atoms with van der Waals surface area (Å²) in [5.74, 6) is 0. The molecule has 0 aromatic heterocycles. The van der Waals surface area contributed by atoms with Crippen LogP contribution < -0.4 is 0 Å². The number of unbranched alkanes of at least 4 members (excludes halogenated alkanes) is 10. The van der Waals surface area contributed by atoms with Crippen LogP contribution >= 0.6 is 0 Å². The van der Waals surface area contributed by atoms with Crippen molar-refractivity contribution >= 4 is 0 Å². The van der Waals surface area contributed by atoms with E-state index in [4.69, 9.17) is 5.11 Å². The molecule has 0 saturated heterocycles. The lowest BCUT2D eigenvalue weighted by Crippen LogP contribution is -2.08. The van der Waals surface area contributed by atoms with Crippen LogP contribution in [0.1, 0.15) is 90.4 Å². The van der Waals surface area contributed by atoms with E-state index < -0.39 is 0 Å². The summed E-state index contributed by atoms with van der Waals surface area (Å²) in [5.41, 5.74) is 0. The molecule has 0 aliphatic rings. The molecular formula is C16H34O2. The van der Waals surface area contributed by atoms with Gasteiger partial charge in [-0.2, -0.15) is 0 Å². The van der Waals surface area contributed by atoms with Gasteiger partial charge in [-0.15, -0.1) is 0 Å². The summed E-state index contributed by atoms with van der Waals surface area (Å²) in [7, 11) is 0. The third kappa shape index (κ3) is 14.0. The Morgan fingerprint density at radius 1 is 0.667 bits per heavy atom. The van der Waals surface area contributed by atoms with Crippen LogP contribution in [0.4, 0.5) is 0 Å². The molecule has 0 saturated carbocycles. The van der Waals surface area contributed by atoms with Crippen LogP contribution in [0.15, 0.2) is 0 Å². The van der Waals surface area contributed by atoms with E-state index in [0.717, 1.165) is 12.8 Å². The molecule has 0 fully saturated rings. The maximum atomic E-state index is 9.43. The zero-order chi connectivity index (χ0) is 13.5. The molecular weight excluding hydrogens is 224 g/mol. The van der Waals surface area contributed by atoms with Gasteiger partial charge in [-0.3, -0.25) is 0 Å². The van der Waals surface area contributed by atoms with E-state index in [1.54, 1.807) is 0 Å². The largest absolute Gasteiger partial charge is 0.396 e. The molecule has 0 rings (SSSR count). The van der Waals surface area contributed by atoms with Crippen molar-refractivity contribution in [3.8, 4) is 0 Å². The smallest absolute Gasteiger partial charge is 0.0562 e. The van der Waals surface area contributed by atoms with Crippen LogP contribution in [0.5, 0.6) is 0 Å². The third-order valence-electron chi connectivity index (χ3n) is 3.60. The second-order valence-electron chi connectivity index (χ2n) is 5.49. The lowest BCUT2D eigenvalue weighted by molar-refractivity contribution is 0.122. The lowest BCUT2D eigenvalue weighted by Gasteiger charge is -2.08. The predicted octanol–water partition coefficient (Wildman–Crippen LogP) is 4.43. The molecule has 0 spiro atoms. The van der Waals surface area contributed by atoms with Gasteiger partial charge in [0.1, 0.15) is 0 Å². The second-order valence-corrected chi connectivity index (χ2v) is 5.49. The average Bonchev–Trinajstić information content (AvgIpc) is 2.36. The van der Waals surface area contributed by atoms with Gasteiger partial charge in [-0.05, 0) is 12.8 Å². The van der Waals surface area contributed by atoms with E-state index in [9.17, 15) is 5.11 Å². The van der Waals surface area contributed by atoms with E-state index in [1.807, 2.05) is 0 Å². The topological polar surface area (TPSA) is 40.5 Å². The zero-order valence-electron chi connectivity index (χ0n) is 12.4. The van der Waals surface area contributed by atoms with Gasteiger partial charge in [0.25, 0.3) is 0 Å². The van der Waals surface area contributed by atoms with Crippen molar-refractivity contribution in [1.29, 1.82) is 0 Å². The van der Waals surface area contributed by atoms with Gasteiger partial charge < -0.3 is 10.2 Å². The minimum Gasteiger partial charge on any atom is -0.396 e. The molecule has 0 radical (unpaired) electrons. The van der Waals surface area contributed by atoms with Crippen LogP contribution in [-0.2, 0) is 0 Å². The van der Waals surface area contributed by atoms with E-state index in [0.29, 0.717) is 6.42 Å².